The Hall–Kier alpha value is -4.57. The van der Waals surface area contributed by atoms with Crippen molar-refractivity contribution in [1.82, 2.24) is 9.47 Å². The Morgan fingerprint density at radius 2 is 1.68 bits per heavy atom. The van der Waals surface area contributed by atoms with Crippen molar-refractivity contribution >= 4 is 35.3 Å². The summed E-state index contributed by atoms with van der Waals surface area (Å²) in [5, 5.41) is 11.2. The van der Waals surface area contributed by atoms with Crippen LogP contribution in [0.3, 0.4) is 0 Å². The molecule has 0 atom stereocenters. The van der Waals surface area contributed by atoms with E-state index in [0.717, 1.165) is 9.80 Å². The molecule has 0 aliphatic carbocycles. The fraction of sp³-hybridized carbons (Fsp3) is 0.125. The number of carbonyl (C=O) groups excluding carboxylic acids is 3. The number of barbiturate groups is 1. The average molecular weight is 460 g/mol. The van der Waals surface area contributed by atoms with Crippen LogP contribution in [-0.4, -0.2) is 52.5 Å². The van der Waals surface area contributed by atoms with E-state index in [1.807, 2.05) is 0 Å². The van der Waals surface area contributed by atoms with Crippen molar-refractivity contribution in [2.45, 2.75) is 0 Å². The number of hydrogen-bond donors (Lipinski definition) is 0. The summed E-state index contributed by atoms with van der Waals surface area (Å²) < 4.78 is 6.64. The first-order valence-corrected chi connectivity index (χ1v) is 10.3. The standard InChI is InChI=1S/C24H20N4O6/c1-34-14-13-26-22(29)21(23(30)27(24(26)31)17-7-3-2-4-8-17)16-19-11-6-12-25(19)18-9-5-10-20(15-18)28(32)33/h2-12,15-16H,13-14H2,1H3/b21-16-. The molecular weight excluding hydrogens is 440 g/mol. The zero-order chi connectivity index (χ0) is 24.2. The molecular formula is C24H20N4O6. The lowest BCUT2D eigenvalue weighted by molar-refractivity contribution is -0.384. The molecule has 0 saturated carbocycles. The maximum Gasteiger partial charge on any atom is 0.338 e. The molecule has 34 heavy (non-hydrogen) atoms. The number of methoxy groups -OCH3 is 1. The van der Waals surface area contributed by atoms with Crippen molar-refractivity contribution in [2.75, 3.05) is 25.2 Å². The van der Waals surface area contributed by atoms with Gasteiger partial charge in [-0.3, -0.25) is 24.6 Å². The number of para-hydroxylation sites is 1. The highest BCUT2D eigenvalue weighted by Gasteiger charge is 2.42. The molecule has 3 aromatic rings. The van der Waals surface area contributed by atoms with E-state index in [4.69, 9.17) is 4.74 Å². The second-order valence-corrected chi connectivity index (χ2v) is 7.35. The van der Waals surface area contributed by atoms with E-state index >= 15 is 0 Å². The summed E-state index contributed by atoms with van der Waals surface area (Å²) in [6.45, 7) is 0.0691. The number of carbonyl (C=O) groups is 3. The second kappa shape index (κ2) is 9.51. The molecule has 1 saturated heterocycles. The summed E-state index contributed by atoms with van der Waals surface area (Å²) in [6, 6.07) is 16.9. The molecule has 1 fully saturated rings. The molecule has 172 valence electrons. The van der Waals surface area contributed by atoms with E-state index in [2.05, 4.69) is 0 Å². The molecule has 0 unspecified atom stereocenters. The Morgan fingerprint density at radius 1 is 0.941 bits per heavy atom. The van der Waals surface area contributed by atoms with Gasteiger partial charge in [-0.15, -0.1) is 0 Å². The lowest BCUT2D eigenvalue weighted by Gasteiger charge is -2.33. The summed E-state index contributed by atoms with van der Waals surface area (Å²) in [5.41, 5.74) is 0.929. The lowest BCUT2D eigenvalue weighted by Crippen LogP contribution is -2.57. The predicted molar refractivity (Wildman–Crippen MR) is 123 cm³/mol. The fourth-order valence-corrected chi connectivity index (χ4v) is 3.61. The highest BCUT2D eigenvalue weighted by molar-refractivity contribution is 6.39. The molecule has 2 aromatic carbocycles. The smallest absolute Gasteiger partial charge is 0.338 e. The molecule has 0 N–H and O–H groups in total. The SMILES string of the molecule is COCCN1C(=O)/C(=C/c2cccn2-c2cccc([N+](=O)[O-])c2)C(=O)N(c2ccccc2)C1=O. The molecule has 0 spiro atoms. The molecule has 4 rings (SSSR count). The topological polar surface area (TPSA) is 115 Å². The van der Waals surface area contributed by atoms with E-state index in [9.17, 15) is 24.5 Å². The number of imide groups is 2. The van der Waals surface area contributed by atoms with Gasteiger partial charge in [-0.05, 0) is 36.4 Å². The van der Waals surface area contributed by atoms with Crippen molar-refractivity contribution in [3.63, 3.8) is 0 Å². The van der Waals surface area contributed by atoms with Crippen LogP contribution >= 0.6 is 0 Å². The maximum atomic E-state index is 13.3. The number of aromatic nitrogens is 1. The number of urea groups is 1. The van der Waals surface area contributed by atoms with Gasteiger partial charge in [0.25, 0.3) is 17.5 Å². The monoisotopic (exact) mass is 460 g/mol. The van der Waals surface area contributed by atoms with Crippen LogP contribution in [0.25, 0.3) is 11.8 Å². The van der Waals surface area contributed by atoms with Crippen molar-refractivity contribution < 1.29 is 24.0 Å². The van der Waals surface area contributed by atoms with Crippen molar-refractivity contribution in [3.8, 4) is 5.69 Å². The molecule has 4 amide bonds. The van der Waals surface area contributed by atoms with Crippen molar-refractivity contribution in [2.24, 2.45) is 0 Å². The number of hydrogen-bond acceptors (Lipinski definition) is 6. The summed E-state index contributed by atoms with van der Waals surface area (Å²) in [5.74, 6) is -1.51. The second-order valence-electron chi connectivity index (χ2n) is 7.35. The molecule has 10 nitrogen and oxygen atoms in total. The highest BCUT2D eigenvalue weighted by atomic mass is 16.6. The lowest BCUT2D eigenvalue weighted by atomic mass is 10.1. The van der Waals surface area contributed by atoms with Gasteiger partial charge in [0.1, 0.15) is 5.57 Å². The minimum Gasteiger partial charge on any atom is -0.383 e. The summed E-state index contributed by atoms with van der Waals surface area (Å²) in [7, 11) is 1.45. The largest absolute Gasteiger partial charge is 0.383 e. The van der Waals surface area contributed by atoms with Crippen LogP contribution in [0.1, 0.15) is 5.69 Å². The van der Waals surface area contributed by atoms with E-state index in [-0.39, 0.29) is 24.4 Å². The van der Waals surface area contributed by atoms with Gasteiger partial charge in [0.2, 0.25) is 0 Å². The maximum absolute atomic E-state index is 13.3. The molecule has 10 heteroatoms. The number of ether oxygens (including phenoxy) is 1. The van der Waals surface area contributed by atoms with Gasteiger partial charge in [-0.25, -0.2) is 9.69 Å². The minimum absolute atomic E-state index is 0.0337. The number of non-ortho nitro benzene ring substituents is 1. The number of anilines is 1. The van der Waals surface area contributed by atoms with E-state index in [1.165, 1.54) is 25.3 Å². The zero-order valence-electron chi connectivity index (χ0n) is 18.2. The Balaban J connectivity index is 1.79. The quantitative estimate of drug-likeness (QED) is 0.231. The zero-order valence-corrected chi connectivity index (χ0v) is 18.2. The first kappa shape index (κ1) is 22.6. The average Bonchev–Trinajstić information content (AvgIpc) is 3.31. The fourth-order valence-electron chi connectivity index (χ4n) is 3.61. The van der Waals surface area contributed by atoms with Crippen molar-refractivity contribution in [3.05, 3.63) is 94.3 Å². The number of nitro benzene ring substituents is 1. The summed E-state index contributed by atoms with van der Waals surface area (Å²) in [4.78, 5) is 52.2. The van der Waals surface area contributed by atoms with E-state index < -0.39 is 22.8 Å². The predicted octanol–water partition coefficient (Wildman–Crippen LogP) is 3.41. The number of rotatable bonds is 7. The van der Waals surface area contributed by atoms with Crippen molar-refractivity contribution in [1.29, 1.82) is 0 Å². The third kappa shape index (κ3) is 4.21. The van der Waals surface area contributed by atoms with E-state index in [0.29, 0.717) is 17.1 Å². The first-order valence-electron chi connectivity index (χ1n) is 10.3. The summed E-state index contributed by atoms with van der Waals surface area (Å²) in [6.07, 6.45) is 3.04. The number of amides is 4. The number of benzene rings is 2. The Morgan fingerprint density at radius 3 is 2.38 bits per heavy atom. The minimum atomic E-state index is -0.762. The van der Waals surface area contributed by atoms with Gasteiger partial charge in [0.05, 0.1) is 29.4 Å². The molecule has 1 aromatic heterocycles. The van der Waals surface area contributed by atoms with Crippen LogP contribution in [0.5, 0.6) is 0 Å². The Bertz CT molecular complexity index is 1300. The van der Waals surface area contributed by atoms with Crippen LogP contribution in [0.2, 0.25) is 0 Å². The van der Waals surface area contributed by atoms with Crippen LogP contribution in [0, 0.1) is 10.1 Å². The van der Waals surface area contributed by atoms with E-state index in [1.54, 1.807) is 65.4 Å². The number of nitrogens with zero attached hydrogens (tertiary/aromatic N) is 4. The van der Waals surface area contributed by atoms with Gasteiger partial charge in [-0.2, -0.15) is 0 Å². The first-order chi connectivity index (χ1) is 16.4. The molecule has 0 bridgehead atoms. The van der Waals surface area contributed by atoms with Crippen LogP contribution in [0.4, 0.5) is 16.2 Å². The number of nitro groups is 1. The molecule has 1 aliphatic heterocycles. The van der Waals surface area contributed by atoms with Gasteiger partial charge >= 0.3 is 6.03 Å². The molecule has 2 heterocycles. The van der Waals surface area contributed by atoms with Gasteiger partial charge in [-0.1, -0.05) is 24.3 Å². The third-order valence-electron chi connectivity index (χ3n) is 5.26. The Labute approximate surface area is 194 Å². The van der Waals surface area contributed by atoms with Crippen LogP contribution in [-0.2, 0) is 14.3 Å². The highest BCUT2D eigenvalue weighted by Crippen LogP contribution is 2.27. The summed E-state index contributed by atoms with van der Waals surface area (Å²) >= 11 is 0. The molecule has 1 aliphatic rings. The van der Waals surface area contributed by atoms with Gasteiger partial charge < -0.3 is 9.30 Å². The van der Waals surface area contributed by atoms with Gasteiger partial charge in [0.15, 0.2) is 0 Å². The van der Waals surface area contributed by atoms with Crippen LogP contribution in [0.15, 0.2) is 78.5 Å². The van der Waals surface area contributed by atoms with Gasteiger partial charge in [0, 0.05) is 31.1 Å². The third-order valence-corrected chi connectivity index (χ3v) is 5.26. The Kier molecular flexibility index (Phi) is 6.33. The molecule has 0 radical (unpaired) electrons. The normalized spacial score (nSPS) is 15.3. The van der Waals surface area contributed by atoms with Crippen LogP contribution < -0.4 is 4.90 Å².